The summed E-state index contributed by atoms with van der Waals surface area (Å²) in [4.78, 5) is 8.40. The number of ether oxygens (including phenoxy) is 1. The molecule has 0 aromatic carbocycles. The molecule has 2 aliphatic heterocycles. The van der Waals surface area contributed by atoms with E-state index in [4.69, 9.17) is 9.15 Å². The molecule has 2 aliphatic rings. The van der Waals surface area contributed by atoms with E-state index < -0.39 is 0 Å². The summed E-state index contributed by atoms with van der Waals surface area (Å²) in [5.74, 6) is 0.753. The summed E-state index contributed by atoms with van der Waals surface area (Å²) in [5.41, 5.74) is 0. The molecule has 0 radical (unpaired) electrons. The lowest BCUT2D eigenvalue weighted by Gasteiger charge is -2.25. The zero-order valence-corrected chi connectivity index (χ0v) is 9.71. The average molecular weight is 239 g/mol. The van der Waals surface area contributed by atoms with Gasteiger partial charge in [-0.15, -0.1) is 0 Å². The zero-order chi connectivity index (χ0) is 11.7. The molecule has 0 saturated carbocycles. The highest BCUT2D eigenvalue weighted by molar-refractivity contribution is 5.40. The molecule has 0 spiro atoms. The molecule has 3 rings (SSSR count). The number of aliphatic hydroxyl groups excluding tert-OH is 1. The fourth-order valence-corrected chi connectivity index (χ4v) is 2.25. The molecular weight excluding hydrogens is 222 g/mol. The smallest absolute Gasteiger partial charge is 0.299 e. The van der Waals surface area contributed by atoms with Crippen LogP contribution >= 0.6 is 0 Å². The third-order valence-electron chi connectivity index (χ3n) is 3.24. The number of nitrogens with zero attached hydrogens (tertiary/aromatic N) is 3. The molecule has 1 atom stereocenters. The molecule has 0 aliphatic carbocycles. The number of hydrogen-bond acceptors (Lipinski definition) is 6. The molecule has 17 heavy (non-hydrogen) atoms. The second-order valence-electron chi connectivity index (χ2n) is 4.47. The summed E-state index contributed by atoms with van der Waals surface area (Å²) in [6.45, 7) is 4.56. The van der Waals surface area contributed by atoms with Crippen molar-refractivity contribution in [2.24, 2.45) is 0 Å². The van der Waals surface area contributed by atoms with Crippen molar-refractivity contribution in [1.29, 1.82) is 0 Å². The van der Waals surface area contributed by atoms with E-state index in [1.807, 2.05) is 4.90 Å². The number of rotatable bonds is 2. The first kappa shape index (κ1) is 10.9. The predicted molar refractivity (Wildman–Crippen MR) is 62.4 cm³/mol. The van der Waals surface area contributed by atoms with Crippen molar-refractivity contribution < 1.29 is 14.3 Å². The fourth-order valence-electron chi connectivity index (χ4n) is 2.25. The Labute approximate surface area is 99.8 Å². The zero-order valence-electron chi connectivity index (χ0n) is 9.71. The van der Waals surface area contributed by atoms with Gasteiger partial charge in [-0.3, -0.25) is 0 Å². The Kier molecular flexibility index (Phi) is 2.90. The van der Waals surface area contributed by atoms with Gasteiger partial charge in [0.2, 0.25) is 5.88 Å². The van der Waals surface area contributed by atoms with Crippen LogP contribution in [0.2, 0.25) is 0 Å². The van der Waals surface area contributed by atoms with Crippen LogP contribution in [-0.4, -0.2) is 55.6 Å². The molecule has 2 saturated heterocycles. The Morgan fingerprint density at radius 2 is 2.06 bits per heavy atom. The maximum absolute atomic E-state index is 9.49. The quantitative estimate of drug-likeness (QED) is 0.788. The van der Waals surface area contributed by atoms with Gasteiger partial charge in [0.1, 0.15) is 0 Å². The first-order chi connectivity index (χ1) is 8.33. The van der Waals surface area contributed by atoms with Crippen LogP contribution in [-0.2, 0) is 4.74 Å². The predicted octanol–water partition coefficient (Wildman–Crippen LogP) is 0.0822. The molecule has 0 bridgehead atoms. The number of oxazole rings is 1. The number of anilines is 2. The summed E-state index contributed by atoms with van der Waals surface area (Å²) < 4.78 is 11.0. The van der Waals surface area contributed by atoms with E-state index in [-0.39, 0.29) is 6.10 Å². The normalized spacial score (nSPS) is 25.6. The Bertz CT molecular complexity index is 357. The lowest BCUT2D eigenvalue weighted by molar-refractivity contribution is 0.120. The van der Waals surface area contributed by atoms with E-state index in [1.165, 1.54) is 0 Å². The molecule has 1 unspecified atom stereocenters. The van der Waals surface area contributed by atoms with Crippen molar-refractivity contribution in [2.75, 3.05) is 49.2 Å². The van der Waals surface area contributed by atoms with E-state index >= 15 is 0 Å². The van der Waals surface area contributed by atoms with Gasteiger partial charge < -0.3 is 24.1 Å². The molecule has 6 heteroatoms. The third-order valence-corrected chi connectivity index (χ3v) is 3.24. The second-order valence-corrected chi connectivity index (χ2v) is 4.47. The molecule has 0 amide bonds. The summed E-state index contributed by atoms with van der Waals surface area (Å²) in [6, 6.07) is 0.657. The van der Waals surface area contributed by atoms with Crippen molar-refractivity contribution in [3.05, 3.63) is 6.20 Å². The standard InChI is InChI=1S/C11H17N3O3/c15-9-1-2-14(8-9)10-7-12-11(17-10)13-3-5-16-6-4-13/h7,9,15H,1-6,8H2. The molecule has 1 N–H and O–H groups in total. The maximum atomic E-state index is 9.49. The topological polar surface area (TPSA) is 62.0 Å². The van der Waals surface area contributed by atoms with Gasteiger partial charge in [-0.2, -0.15) is 4.98 Å². The van der Waals surface area contributed by atoms with Gasteiger partial charge in [-0.1, -0.05) is 0 Å². The largest absolute Gasteiger partial charge is 0.407 e. The van der Waals surface area contributed by atoms with E-state index in [0.717, 1.165) is 45.2 Å². The highest BCUT2D eigenvalue weighted by Crippen LogP contribution is 2.25. The van der Waals surface area contributed by atoms with Crippen LogP contribution in [0.5, 0.6) is 0 Å². The molecule has 6 nitrogen and oxygen atoms in total. The van der Waals surface area contributed by atoms with Gasteiger partial charge in [0.25, 0.3) is 6.01 Å². The molecule has 94 valence electrons. The Morgan fingerprint density at radius 3 is 2.76 bits per heavy atom. The summed E-state index contributed by atoms with van der Waals surface area (Å²) >= 11 is 0. The molecule has 3 heterocycles. The third kappa shape index (κ3) is 2.23. The van der Waals surface area contributed by atoms with Crippen molar-refractivity contribution in [3.8, 4) is 0 Å². The second kappa shape index (κ2) is 4.54. The van der Waals surface area contributed by atoms with E-state index in [9.17, 15) is 5.11 Å². The minimum atomic E-state index is -0.244. The number of aromatic nitrogens is 1. The summed E-state index contributed by atoms with van der Waals surface area (Å²) in [5, 5.41) is 9.49. The monoisotopic (exact) mass is 239 g/mol. The highest BCUT2D eigenvalue weighted by Gasteiger charge is 2.24. The van der Waals surface area contributed by atoms with Gasteiger partial charge in [-0.05, 0) is 6.42 Å². The number of β-amino-alcohol motifs (C(OH)–C–C–N with tert-alkyl or cyclic N) is 1. The molecule has 1 aromatic rings. The van der Waals surface area contributed by atoms with Crippen LogP contribution in [0.15, 0.2) is 10.6 Å². The van der Waals surface area contributed by atoms with Crippen LogP contribution in [0.3, 0.4) is 0 Å². The van der Waals surface area contributed by atoms with Gasteiger partial charge in [0.05, 0.1) is 25.5 Å². The van der Waals surface area contributed by atoms with E-state index in [0.29, 0.717) is 12.6 Å². The Hall–Kier alpha value is -1.27. The van der Waals surface area contributed by atoms with Gasteiger partial charge >= 0.3 is 0 Å². The van der Waals surface area contributed by atoms with Crippen molar-refractivity contribution >= 4 is 11.9 Å². The summed E-state index contributed by atoms with van der Waals surface area (Å²) in [6.07, 6.45) is 2.29. The van der Waals surface area contributed by atoms with Gasteiger partial charge in [-0.25, -0.2) is 0 Å². The number of aliphatic hydroxyl groups is 1. The van der Waals surface area contributed by atoms with Crippen molar-refractivity contribution in [3.63, 3.8) is 0 Å². The van der Waals surface area contributed by atoms with E-state index in [2.05, 4.69) is 9.88 Å². The van der Waals surface area contributed by atoms with Gasteiger partial charge in [0.15, 0.2) is 0 Å². The molecular formula is C11H17N3O3. The van der Waals surface area contributed by atoms with Crippen LogP contribution in [0.4, 0.5) is 11.9 Å². The van der Waals surface area contributed by atoms with Crippen LogP contribution in [0.1, 0.15) is 6.42 Å². The van der Waals surface area contributed by atoms with Crippen LogP contribution in [0.25, 0.3) is 0 Å². The Morgan fingerprint density at radius 1 is 1.24 bits per heavy atom. The SMILES string of the molecule is OC1CCN(c2cnc(N3CCOCC3)o2)C1. The Balaban J connectivity index is 1.69. The highest BCUT2D eigenvalue weighted by atomic mass is 16.5. The van der Waals surface area contributed by atoms with E-state index in [1.54, 1.807) is 6.20 Å². The van der Waals surface area contributed by atoms with Crippen LogP contribution < -0.4 is 9.80 Å². The summed E-state index contributed by atoms with van der Waals surface area (Å²) in [7, 11) is 0. The molecule has 1 aromatic heterocycles. The first-order valence-electron chi connectivity index (χ1n) is 6.04. The number of morpholine rings is 1. The first-order valence-corrected chi connectivity index (χ1v) is 6.04. The minimum absolute atomic E-state index is 0.244. The van der Waals surface area contributed by atoms with Crippen molar-refractivity contribution in [1.82, 2.24) is 4.98 Å². The van der Waals surface area contributed by atoms with Gasteiger partial charge in [0, 0.05) is 26.2 Å². The fraction of sp³-hybridized carbons (Fsp3) is 0.727. The molecule has 2 fully saturated rings. The maximum Gasteiger partial charge on any atom is 0.299 e. The number of hydrogen-bond donors (Lipinski definition) is 1. The van der Waals surface area contributed by atoms with Crippen LogP contribution in [0, 0.1) is 0 Å². The minimum Gasteiger partial charge on any atom is -0.407 e. The van der Waals surface area contributed by atoms with Crippen molar-refractivity contribution in [2.45, 2.75) is 12.5 Å². The lowest BCUT2D eigenvalue weighted by Crippen LogP contribution is -2.36. The average Bonchev–Trinajstić information content (AvgIpc) is 2.98. The lowest BCUT2D eigenvalue weighted by atomic mass is 10.3.